The smallest absolute Gasteiger partial charge is 0.327 e. The van der Waals surface area contributed by atoms with Crippen LogP contribution >= 0.6 is 11.8 Å². The number of hydrogen-bond acceptors (Lipinski definition) is 7. The van der Waals surface area contributed by atoms with E-state index in [0.717, 1.165) is 30.6 Å². The fourth-order valence-electron chi connectivity index (χ4n) is 7.42. The first-order valence-corrected chi connectivity index (χ1v) is 18.2. The standard InChI is InChI=1S/C36H50FN7O3S.H2/c1-24(2)40-19-21-42(22-20-40)30-26(9-7-10-27(30)37)32-43(18-14-35(3,4)5)33(46)36(6,48-32)23-29(45)41-16-12-25(13-17-41)44-28-11-8-15-38-31(28)39-34(44)47;/h7-11,15,24-25,32H,12-14,16-23H2,1-6H3,(H,38,39,47);1H/t32?,36-;/m0./s1. The summed E-state index contributed by atoms with van der Waals surface area (Å²) in [6.07, 6.45) is 3.79. The van der Waals surface area contributed by atoms with Crippen LogP contribution in [0.15, 0.2) is 41.3 Å². The Hall–Kier alpha value is -3.38. The SMILES string of the molecule is CC(C)N1CCN(c2c(F)cccc2C2S[C@@](C)(CC(=O)N3CCC(n4c(=O)[nH]c5ncccc54)CC3)C(=O)N2CCC(C)(C)C)CC1.[HH]. The minimum Gasteiger partial charge on any atom is -0.366 e. The Labute approximate surface area is 288 Å². The minimum atomic E-state index is -0.990. The molecule has 1 aromatic carbocycles. The van der Waals surface area contributed by atoms with Crippen molar-refractivity contribution < 1.29 is 15.4 Å². The molecule has 0 radical (unpaired) electrons. The molecule has 0 saturated carbocycles. The van der Waals surface area contributed by atoms with Gasteiger partial charge in [-0.1, -0.05) is 32.9 Å². The molecule has 3 aliphatic heterocycles. The number of hydrogen-bond donors (Lipinski definition) is 1. The van der Waals surface area contributed by atoms with Crippen molar-refractivity contribution in [1.29, 1.82) is 0 Å². The first-order valence-electron chi connectivity index (χ1n) is 17.3. The van der Waals surface area contributed by atoms with Gasteiger partial charge in [-0.15, -0.1) is 11.8 Å². The molecule has 3 aliphatic rings. The molecule has 3 saturated heterocycles. The second-order valence-corrected chi connectivity index (χ2v) is 16.8. The number of imidazole rings is 1. The summed E-state index contributed by atoms with van der Waals surface area (Å²) in [5.74, 6) is -0.403. The quantitative estimate of drug-likeness (QED) is 0.328. The predicted molar refractivity (Wildman–Crippen MR) is 192 cm³/mol. The molecule has 262 valence electrons. The van der Waals surface area contributed by atoms with E-state index in [1.165, 1.54) is 17.8 Å². The van der Waals surface area contributed by atoms with E-state index in [1.807, 2.05) is 34.9 Å². The number of piperidine rings is 1. The fourth-order valence-corrected chi connectivity index (χ4v) is 8.98. The van der Waals surface area contributed by atoms with Gasteiger partial charge in [-0.2, -0.15) is 0 Å². The van der Waals surface area contributed by atoms with E-state index in [1.54, 1.807) is 16.8 Å². The zero-order chi connectivity index (χ0) is 34.4. The normalized spacial score (nSPS) is 23.2. The summed E-state index contributed by atoms with van der Waals surface area (Å²) >= 11 is 1.49. The van der Waals surface area contributed by atoms with Crippen LogP contribution in [0.5, 0.6) is 0 Å². The highest BCUT2D eigenvalue weighted by atomic mass is 32.2. The molecular weight excluding hydrogens is 630 g/mol. The van der Waals surface area contributed by atoms with Gasteiger partial charge >= 0.3 is 5.69 Å². The van der Waals surface area contributed by atoms with E-state index in [0.29, 0.717) is 62.9 Å². The molecule has 0 spiro atoms. The third-order valence-electron chi connectivity index (χ3n) is 10.3. The monoisotopic (exact) mass is 681 g/mol. The predicted octanol–water partition coefficient (Wildman–Crippen LogP) is 5.66. The highest BCUT2D eigenvalue weighted by molar-refractivity contribution is 8.02. The third-order valence-corrected chi connectivity index (χ3v) is 11.8. The van der Waals surface area contributed by atoms with Gasteiger partial charge in [-0.05, 0) is 63.6 Å². The molecule has 10 nitrogen and oxygen atoms in total. The Balaban J connectivity index is 0.00000468. The molecule has 3 fully saturated rings. The highest BCUT2D eigenvalue weighted by Gasteiger charge is 2.52. The number of aromatic nitrogens is 3. The number of thioether (sulfide) groups is 1. The third kappa shape index (κ3) is 6.88. The van der Waals surface area contributed by atoms with Gasteiger partial charge in [-0.25, -0.2) is 14.2 Å². The first-order chi connectivity index (χ1) is 22.8. The summed E-state index contributed by atoms with van der Waals surface area (Å²) in [7, 11) is 0. The minimum absolute atomic E-state index is 0. The van der Waals surface area contributed by atoms with Crippen LogP contribution in [-0.4, -0.2) is 97.7 Å². The number of carbonyl (C=O) groups is 2. The molecule has 2 aromatic heterocycles. The number of H-pyrrole nitrogens is 1. The van der Waals surface area contributed by atoms with Gasteiger partial charge in [-0.3, -0.25) is 24.0 Å². The van der Waals surface area contributed by atoms with Gasteiger partial charge < -0.3 is 14.7 Å². The fraction of sp³-hybridized carbons (Fsp3) is 0.611. The topological polar surface area (TPSA) is 97.8 Å². The van der Waals surface area contributed by atoms with Crippen molar-refractivity contribution in [3.8, 4) is 0 Å². The Morgan fingerprint density at radius 2 is 1.79 bits per heavy atom. The molecule has 2 amide bonds. The van der Waals surface area contributed by atoms with Gasteiger partial charge in [0.2, 0.25) is 11.8 Å². The van der Waals surface area contributed by atoms with Crippen LogP contribution in [0.1, 0.15) is 85.6 Å². The summed E-state index contributed by atoms with van der Waals surface area (Å²) < 4.78 is 16.6. The van der Waals surface area contributed by atoms with Crippen molar-refractivity contribution >= 4 is 40.4 Å². The van der Waals surface area contributed by atoms with Gasteiger partial charge in [0.25, 0.3) is 0 Å². The number of piperazine rings is 1. The van der Waals surface area contributed by atoms with Crippen molar-refractivity contribution in [1.82, 2.24) is 29.2 Å². The molecule has 3 aromatic rings. The number of carbonyl (C=O) groups excluding carboxylic acids is 2. The van der Waals surface area contributed by atoms with Crippen LogP contribution < -0.4 is 10.6 Å². The molecule has 2 atom stereocenters. The lowest BCUT2D eigenvalue weighted by molar-refractivity contribution is -0.139. The van der Waals surface area contributed by atoms with Crippen LogP contribution in [0.3, 0.4) is 0 Å². The second kappa shape index (κ2) is 13.5. The van der Waals surface area contributed by atoms with Crippen LogP contribution in [-0.2, 0) is 9.59 Å². The maximum absolute atomic E-state index is 15.8. The van der Waals surface area contributed by atoms with E-state index in [4.69, 9.17) is 0 Å². The lowest BCUT2D eigenvalue weighted by atomic mass is 9.91. The number of rotatable bonds is 8. The Morgan fingerprint density at radius 1 is 1.08 bits per heavy atom. The molecule has 0 bridgehead atoms. The number of para-hydroxylation sites is 1. The van der Waals surface area contributed by atoms with E-state index in [-0.39, 0.29) is 42.6 Å². The van der Waals surface area contributed by atoms with Gasteiger partial charge in [0, 0.05) is 71.1 Å². The average Bonchev–Trinajstić information content (AvgIpc) is 3.51. The Bertz CT molecular complexity index is 1710. The van der Waals surface area contributed by atoms with E-state index in [9.17, 15) is 14.4 Å². The summed E-state index contributed by atoms with van der Waals surface area (Å²) in [5, 5.41) is -0.403. The molecule has 12 heteroatoms. The average molecular weight is 682 g/mol. The molecule has 1 N–H and O–H groups in total. The number of nitrogens with zero attached hydrogens (tertiary/aromatic N) is 6. The van der Waals surface area contributed by atoms with Crippen molar-refractivity contribution in [3.05, 3.63) is 58.4 Å². The van der Waals surface area contributed by atoms with Crippen molar-refractivity contribution in [2.24, 2.45) is 5.41 Å². The number of nitrogens with one attached hydrogen (secondary N) is 1. The van der Waals surface area contributed by atoms with Crippen LogP contribution in [0, 0.1) is 11.2 Å². The second-order valence-electron chi connectivity index (χ2n) is 15.3. The number of amides is 2. The number of benzene rings is 1. The Kier molecular flexibility index (Phi) is 9.70. The zero-order valence-electron chi connectivity index (χ0n) is 29.2. The van der Waals surface area contributed by atoms with Crippen molar-refractivity contribution in [2.75, 3.05) is 50.7 Å². The largest absolute Gasteiger partial charge is 0.366 e. The van der Waals surface area contributed by atoms with Crippen molar-refractivity contribution in [2.45, 2.75) is 89.4 Å². The maximum Gasteiger partial charge on any atom is 0.327 e. The van der Waals surface area contributed by atoms with E-state index in [2.05, 4.69) is 54.4 Å². The van der Waals surface area contributed by atoms with E-state index >= 15 is 4.39 Å². The summed E-state index contributed by atoms with van der Waals surface area (Å²) in [6, 6.07) is 9.32. The van der Waals surface area contributed by atoms with Crippen LogP contribution in [0.2, 0.25) is 0 Å². The van der Waals surface area contributed by atoms with Gasteiger partial charge in [0.05, 0.1) is 17.6 Å². The number of fused-ring (bicyclic) bond motifs is 1. The molecular formula is C36H52FN7O3S. The van der Waals surface area contributed by atoms with Crippen LogP contribution in [0.4, 0.5) is 10.1 Å². The number of halogens is 1. The molecule has 48 heavy (non-hydrogen) atoms. The van der Waals surface area contributed by atoms with E-state index < -0.39 is 10.1 Å². The number of anilines is 1. The molecule has 0 aliphatic carbocycles. The van der Waals surface area contributed by atoms with Gasteiger partial charge in [0.1, 0.15) is 15.9 Å². The molecule has 5 heterocycles. The molecule has 1 unspecified atom stereocenters. The molecule has 6 rings (SSSR count). The Morgan fingerprint density at radius 3 is 2.46 bits per heavy atom. The summed E-state index contributed by atoms with van der Waals surface area (Å²) in [6.45, 7) is 17.4. The lowest BCUT2D eigenvalue weighted by Gasteiger charge is -2.40. The lowest BCUT2D eigenvalue weighted by Crippen LogP contribution is -2.49. The number of likely N-dealkylation sites (tertiary alicyclic amines) is 1. The summed E-state index contributed by atoms with van der Waals surface area (Å²) in [4.78, 5) is 56.4. The first kappa shape index (κ1) is 34.5. The maximum atomic E-state index is 15.8. The zero-order valence-corrected chi connectivity index (χ0v) is 30.0. The highest BCUT2D eigenvalue weighted by Crippen LogP contribution is 2.53. The van der Waals surface area contributed by atoms with Gasteiger partial charge in [0.15, 0.2) is 5.65 Å². The van der Waals surface area contributed by atoms with Crippen LogP contribution in [0.25, 0.3) is 11.2 Å². The number of pyridine rings is 1. The van der Waals surface area contributed by atoms with Crippen molar-refractivity contribution in [3.63, 3.8) is 0 Å². The summed E-state index contributed by atoms with van der Waals surface area (Å²) in [5.41, 5.74) is 2.52. The number of aromatic amines is 1.